The zero-order valence-corrected chi connectivity index (χ0v) is 6.39. The predicted molar refractivity (Wildman–Crippen MR) is 38.1 cm³/mol. The molecule has 0 bridgehead atoms. The second kappa shape index (κ2) is 3.68. The molecule has 1 fully saturated rings. The van der Waals surface area contributed by atoms with Crippen molar-refractivity contribution in [2.75, 3.05) is 13.1 Å². The molecule has 0 spiro atoms. The van der Waals surface area contributed by atoms with Crippen molar-refractivity contribution in [3.8, 4) is 0 Å². The third-order valence-electron chi connectivity index (χ3n) is 1.45. The topological polar surface area (TPSA) is 49.4 Å². The van der Waals surface area contributed by atoms with E-state index in [-0.39, 0.29) is 0 Å². The van der Waals surface area contributed by atoms with E-state index >= 15 is 0 Å². The Kier molecular flexibility index (Phi) is 2.82. The molecular weight excluding hydrogens is 152 g/mol. The Bertz CT molecular complexity index is 145. The molecule has 1 atom stereocenters. The quantitative estimate of drug-likeness (QED) is 0.564. The number of nitrogens with zero attached hydrogens (tertiary/aromatic N) is 1. The average molecular weight is 162 g/mol. The molecule has 1 rings (SSSR count). The SMILES string of the molecule is O=CNS(=O)N1CCCC1. The molecule has 0 aliphatic carbocycles. The van der Waals surface area contributed by atoms with Crippen molar-refractivity contribution in [2.24, 2.45) is 0 Å². The molecule has 10 heavy (non-hydrogen) atoms. The molecule has 1 amide bonds. The fraction of sp³-hybridized carbons (Fsp3) is 0.800. The predicted octanol–water partition coefficient (Wildman–Crippen LogP) is -0.593. The van der Waals surface area contributed by atoms with E-state index < -0.39 is 11.2 Å². The van der Waals surface area contributed by atoms with E-state index in [0.717, 1.165) is 25.9 Å². The molecule has 0 aromatic rings. The molecule has 58 valence electrons. The van der Waals surface area contributed by atoms with Gasteiger partial charge < -0.3 is 0 Å². The van der Waals surface area contributed by atoms with E-state index in [0.29, 0.717) is 6.41 Å². The van der Waals surface area contributed by atoms with E-state index in [2.05, 4.69) is 4.72 Å². The maximum Gasteiger partial charge on any atom is 0.219 e. The summed E-state index contributed by atoms with van der Waals surface area (Å²) in [5.74, 6) is 0. The summed E-state index contributed by atoms with van der Waals surface area (Å²) in [5.41, 5.74) is 0. The molecule has 0 saturated carbocycles. The van der Waals surface area contributed by atoms with Gasteiger partial charge >= 0.3 is 0 Å². The van der Waals surface area contributed by atoms with Crippen molar-refractivity contribution in [1.29, 1.82) is 0 Å². The maximum absolute atomic E-state index is 10.9. The molecule has 1 unspecified atom stereocenters. The summed E-state index contributed by atoms with van der Waals surface area (Å²) in [5, 5.41) is 0. The van der Waals surface area contributed by atoms with E-state index in [1.165, 1.54) is 0 Å². The molecule has 1 heterocycles. The summed E-state index contributed by atoms with van der Waals surface area (Å²) in [6.45, 7) is 1.65. The first-order valence-corrected chi connectivity index (χ1v) is 4.32. The van der Waals surface area contributed by atoms with Crippen LogP contribution in [0.2, 0.25) is 0 Å². The molecule has 1 aliphatic heterocycles. The van der Waals surface area contributed by atoms with Crippen LogP contribution in [0.4, 0.5) is 0 Å². The minimum atomic E-state index is -1.28. The van der Waals surface area contributed by atoms with Gasteiger partial charge in [0.05, 0.1) is 0 Å². The Morgan fingerprint density at radius 3 is 2.50 bits per heavy atom. The lowest BCUT2D eigenvalue weighted by molar-refractivity contribution is -0.108. The van der Waals surface area contributed by atoms with Crippen LogP contribution in [0, 0.1) is 0 Å². The van der Waals surface area contributed by atoms with Crippen molar-refractivity contribution in [3.63, 3.8) is 0 Å². The van der Waals surface area contributed by atoms with E-state index in [1.807, 2.05) is 0 Å². The second-order valence-corrected chi connectivity index (χ2v) is 3.37. The largest absolute Gasteiger partial charge is 0.278 e. The number of hydrogen-bond donors (Lipinski definition) is 1. The standard InChI is InChI=1S/C5H10N2O2S/c8-5-6-10(9)7-3-1-2-4-7/h5H,1-4H2,(H,6,8). The average Bonchev–Trinajstić information content (AvgIpc) is 2.38. The molecular formula is C5H10N2O2S. The number of rotatable bonds is 3. The Morgan fingerprint density at radius 1 is 1.40 bits per heavy atom. The van der Waals surface area contributed by atoms with Crippen molar-refractivity contribution >= 4 is 17.6 Å². The van der Waals surface area contributed by atoms with Gasteiger partial charge in [0.1, 0.15) is 0 Å². The van der Waals surface area contributed by atoms with Crippen molar-refractivity contribution in [3.05, 3.63) is 0 Å². The van der Waals surface area contributed by atoms with Gasteiger partial charge in [0, 0.05) is 13.1 Å². The van der Waals surface area contributed by atoms with Gasteiger partial charge in [-0.15, -0.1) is 0 Å². The number of nitrogens with one attached hydrogen (secondary N) is 1. The zero-order valence-electron chi connectivity index (χ0n) is 5.58. The lowest BCUT2D eigenvalue weighted by atomic mass is 10.4. The first-order chi connectivity index (χ1) is 4.84. The van der Waals surface area contributed by atoms with Gasteiger partial charge in [0.2, 0.25) is 6.41 Å². The minimum absolute atomic E-state index is 0.467. The number of carbonyl (C=O) groups excluding carboxylic acids is 1. The van der Waals surface area contributed by atoms with Crippen LogP contribution in [0.5, 0.6) is 0 Å². The van der Waals surface area contributed by atoms with E-state index in [1.54, 1.807) is 4.31 Å². The second-order valence-electron chi connectivity index (χ2n) is 2.12. The fourth-order valence-corrected chi connectivity index (χ4v) is 1.79. The molecule has 5 heteroatoms. The maximum atomic E-state index is 10.9. The molecule has 4 nitrogen and oxygen atoms in total. The molecule has 0 aromatic heterocycles. The molecule has 0 aromatic carbocycles. The van der Waals surface area contributed by atoms with Crippen LogP contribution in [-0.4, -0.2) is 28.0 Å². The van der Waals surface area contributed by atoms with Crippen molar-refractivity contribution in [2.45, 2.75) is 12.8 Å². The fourth-order valence-electron chi connectivity index (χ4n) is 0.970. The molecule has 1 saturated heterocycles. The van der Waals surface area contributed by atoms with Crippen LogP contribution >= 0.6 is 0 Å². The van der Waals surface area contributed by atoms with Crippen molar-refractivity contribution < 1.29 is 9.00 Å². The Morgan fingerprint density at radius 2 is 2.00 bits per heavy atom. The summed E-state index contributed by atoms with van der Waals surface area (Å²) in [6.07, 6.45) is 2.62. The smallest absolute Gasteiger partial charge is 0.219 e. The Balaban J connectivity index is 2.32. The number of amides is 1. The van der Waals surface area contributed by atoms with Crippen LogP contribution < -0.4 is 4.72 Å². The van der Waals surface area contributed by atoms with Gasteiger partial charge in [0.25, 0.3) is 0 Å². The highest BCUT2D eigenvalue weighted by atomic mass is 32.2. The van der Waals surface area contributed by atoms with Gasteiger partial charge in [-0.05, 0) is 12.8 Å². The highest BCUT2D eigenvalue weighted by Crippen LogP contribution is 2.07. The van der Waals surface area contributed by atoms with Gasteiger partial charge in [-0.2, -0.15) is 0 Å². The summed E-state index contributed by atoms with van der Waals surface area (Å²) in [4.78, 5) is 9.84. The third kappa shape index (κ3) is 1.78. The molecule has 1 aliphatic rings. The Hall–Kier alpha value is -0.420. The van der Waals surface area contributed by atoms with Gasteiger partial charge in [-0.1, -0.05) is 0 Å². The number of carbonyl (C=O) groups is 1. The van der Waals surface area contributed by atoms with Crippen LogP contribution in [-0.2, 0) is 16.0 Å². The highest BCUT2D eigenvalue weighted by Gasteiger charge is 2.16. The zero-order chi connectivity index (χ0) is 7.40. The lowest BCUT2D eigenvalue weighted by Crippen LogP contribution is -2.31. The molecule has 1 N–H and O–H groups in total. The van der Waals surface area contributed by atoms with Crippen LogP contribution in [0.25, 0.3) is 0 Å². The van der Waals surface area contributed by atoms with Crippen LogP contribution in [0.15, 0.2) is 0 Å². The van der Waals surface area contributed by atoms with Gasteiger partial charge in [-0.25, -0.2) is 8.51 Å². The van der Waals surface area contributed by atoms with Crippen LogP contribution in [0.3, 0.4) is 0 Å². The summed E-state index contributed by atoms with van der Waals surface area (Å²) < 4.78 is 14.9. The van der Waals surface area contributed by atoms with Crippen LogP contribution in [0.1, 0.15) is 12.8 Å². The normalized spacial score (nSPS) is 22.4. The van der Waals surface area contributed by atoms with Gasteiger partial charge in [0.15, 0.2) is 11.2 Å². The highest BCUT2D eigenvalue weighted by molar-refractivity contribution is 7.81. The summed E-state index contributed by atoms with van der Waals surface area (Å²) in [6, 6.07) is 0. The third-order valence-corrected chi connectivity index (χ3v) is 2.58. The Labute approximate surface area is 62.3 Å². The monoisotopic (exact) mass is 162 g/mol. The number of hydrogen-bond acceptors (Lipinski definition) is 2. The van der Waals surface area contributed by atoms with E-state index in [4.69, 9.17) is 0 Å². The lowest BCUT2D eigenvalue weighted by Gasteiger charge is -2.10. The molecule has 0 radical (unpaired) electrons. The first kappa shape index (κ1) is 7.68. The van der Waals surface area contributed by atoms with Crippen molar-refractivity contribution in [1.82, 2.24) is 9.03 Å². The summed E-state index contributed by atoms with van der Waals surface area (Å²) >= 11 is -1.28. The minimum Gasteiger partial charge on any atom is -0.278 e. The first-order valence-electron chi connectivity index (χ1n) is 3.21. The summed E-state index contributed by atoms with van der Waals surface area (Å²) in [7, 11) is 0. The van der Waals surface area contributed by atoms with Gasteiger partial charge in [-0.3, -0.25) is 9.52 Å². The van der Waals surface area contributed by atoms with E-state index in [9.17, 15) is 9.00 Å².